The van der Waals surface area contributed by atoms with Gasteiger partial charge in [0.1, 0.15) is 0 Å². The van der Waals surface area contributed by atoms with E-state index in [9.17, 15) is 4.79 Å². The molecule has 0 aliphatic carbocycles. The van der Waals surface area contributed by atoms with E-state index in [1.54, 1.807) is 0 Å². The first-order valence-electron chi connectivity index (χ1n) is 14.3. The molecule has 0 aromatic carbocycles. The van der Waals surface area contributed by atoms with Crippen LogP contribution < -0.4 is 0 Å². The number of ether oxygens (including phenoxy) is 1. The fraction of sp³-hybridized carbons (Fsp3) is 0.966. The first-order valence-corrected chi connectivity index (χ1v) is 14.3. The Morgan fingerprint density at radius 2 is 0.935 bits per heavy atom. The van der Waals surface area contributed by atoms with Gasteiger partial charge in [-0.2, -0.15) is 0 Å². The summed E-state index contributed by atoms with van der Waals surface area (Å²) in [5, 5.41) is 0. The van der Waals surface area contributed by atoms with Crippen molar-refractivity contribution < 1.29 is 9.53 Å². The zero-order chi connectivity index (χ0) is 23.0. The van der Waals surface area contributed by atoms with E-state index < -0.39 is 0 Å². The Kier molecular flexibility index (Phi) is 23.7. The molecule has 0 heterocycles. The number of esters is 1. The average Bonchev–Trinajstić information content (AvgIpc) is 2.78. The smallest absolute Gasteiger partial charge is 0.308 e. The van der Waals surface area contributed by atoms with Gasteiger partial charge < -0.3 is 4.74 Å². The molecule has 0 saturated carbocycles. The zero-order valence-electron chi connectivity index (χ0n) is 22.0. The highest BCUT2D eigenvalue weighted by atomic mass is 16.5. The van der Waals surface area contributed by atoms with Crippen molar-refractivity contribution in [2.45, 2.75) is 163 Å². The highest BCUT2D eigenvalue weighted by Crippen LogP contribution is 2.20. The Morgan fingerprint density at radius 3 is 1.45 bits per heavy atom. The Morgan fingerprint density at radius 1 is 0.548 bits per heavy atom. The van der Waals surface area contributed by atoms with E-state index in [1.807, 2.05) is 6.92 Å². The van der Waals surface area contributed by atoms with Crippen LogP contribution in [-0.4, -0.2) is 12.6 Å². The van der Waals surface area contributed by atoms with Gasteiger partial charge in [0.2, 0.25) is 0 Å². The third-order valence-electron chi connectivity index (χ3n) is 6.79. The number of carbonyl (C=O) groups excluding carboxylic acids is 1. The molecule has 0 spiro atoms. The van der Waals surface area contributed by atoms with E-state index in [0.717, 1.165) is 12.8 Å². The quantitative estimate of drug-likeness (QED) is 0.111. The average molecular weight is 439 g/mol. The second-order valence-corrected chi connectivity index (χ2v) is 10.1. The van der Waals surface area contributed by atoms with Crippen molar-refractivity contribution in [2.24, 2.45) is 11.8 Å². The van der Waals surface area contributed by atoms with Gasteiger partial charge in [0.05, 0.1) is 12.5 Å². The lowest BCUT2D eigenvalue weighted by Crippen LogP contribution is -2.19. The first-order chi connectivity index (χ1) is 15.2. The van der Waals surface area contributed by atoms with Crippen LogP contribution in [0.1, 0.15) is 163 Å². The molecule has 0 aromatic rings. The van der Waals surface area contributed by atoms with E-state index in [1.165, 1.54) is 122 Å². The molecule has 0 bridgehead atoms. The minimum absolute atomic E-state index is 0.0349. The fourth-order valence-electron chi connectivity index (χ4n) is 4.42. The maximum absolute atomic E-state index is 12.3. The highest BCUT2D eigenvalue weighted by Gasteiger charge is 2.17. The number of rotatable bonds is 24. The molecule has 0 amide bonds. The number of hydrogen-bond donors (Lipinski definition) is 0. The molecule has 0 N–H and O–H groups in total. The van der Waals surface area contributed by atoms with Crippen molar-refractivity contribution in [1.82, 2.24) is 0 Å². The summed E-state index contributed by atoms with van der Waals surface area (Å²) in [6.07, 6.45) is 27.6. The van der Waals surface area contributed by atoms with Gasteiger partial charge in [-0.25, -0.2) is 0 Å². The Labute approximate surface area is 196 Å². The van der Waals surface area contributed by atoms with Crippen molar-refractivity contribution in [3.05, 3.63) is 0 Å². The van der Waals surface area contributed by atoms with Gasteiger partial charge in [-0.05, 0) is 25.2 Å². The second kappa shape index (κ2) is 24.1. The molecule has 0 aliphatic rings. The van der Waals surface area contributed by atoms with Gasteiger partial charge in [-0.3, -0.25) is 4.79 Å². The largest absolute Gasteiger partial charge is 0.465 e. The molecule has 2 heteroatoms. The van der Waals surface area contributed by atoms with Crippen LogP contribution in [-0.2, 0) is 9.53 Å². The third-order valence-corrected chi connectivity index (χ3v) is 6.79. The summed E-state index contributed by atoms with van der Waals surface area (Å²) in [6, 6.07) is 0. The van der Waals surface area contributed by atoms with Crippen LogP contribution in [0.4, 0.5) is 0 Å². The van der Waals surface area contributed by atoms with Gasteiger partial charge >= 0.3 is 5.97 Å². The van der Waals surface area contributed by atoms with Crippen molar-refractivity contribution in [1.29, 1.82) is 0 Å². The molecule has 0 fully saturated rings. The minimum atomic E-state index is 0.0349. The molecule has 2 unspecified atom stereocenters. The molecule has 186 valence electrons. The topological polar surface area (TPSA) is 26.3 Å². The van der Waals surface area contributed by atoms with Crippen molar-refractivity contribution in [2.75, 3.05) is 6.61 Å². The highest BCUT2D eigenvalue weighted by molar-refractivity contribution is 5.71. The SMILES string of the molecule is CCCCCCCCCCCCCCC(CCCC)COC(=O)C(C)CCCCCC. The monoisotopic (exact) mass is 438 g/mol. The van der Waals surface area contributed by atoms with Gasteiger partial charge in [0.25, 0.3) is 0 Å². The molecule has 31 heavy (non-hydrogen) atoms. The van der Waals surface area contributed by atoms with Crippen LogP contribution >= 0.6 is 0 Å². The summed E-state index contributed by atoms with van der Waals surface area (Å²) >= 11 is 0. The van der Waals surface area contributed by atoms with Crippen LogP contribution in [0.5, 0.6) is 0 Å². The normalized spacial score (nSPS) is 13.3. The van der Waals surface area contributed by atoms with E-state index >= 15 is 0 Å². The maximum atomic E-state index is 12.3. The van der Waals surface area contributed by atoms with Gasteiger partial charge in [0, 0.05) is 0 Å². The third kappa shape index (κ3) is 21.1. The molecule has 2 atom stereocenters. The minimum Gasteiger partial charge on any atom is -0.465 e. The van der Waals surface area contributed by atoms with E-state index in [0.29, 0.717) is 12.5 Å². The predicted molar refractivity (Wildman–Crippen MR) is 138 cm³/mol. The van der Waals surface area contributed by atoms with Crippen LogP contribution in [0.3, 0.4) is 0 Å². The molecular weight excluding hydrogens is 380 g/mol. The van der Waals surface area contributed by atoms with E-state index in [-0.39, 0.29) is 11.9 Å². The van der Waals surface area contributed by atoms with Gasteiger partial charge in [0.15, 0.2) is 0 Å². The predicted octanol–water partition coefficient (Wildman–Crippen LogP) is 10.0. The lowest BCUT2D eigenvalue weighted by atomic mass is 9.95. The van der Waals surface area contributed by atoms with Crippen molar-refractivity contribution in [3.8, 4) is 0 Å². The van der Waals surface area contributed by atoms with Crippen LogP contribution in [0.25, 0.3) is 0 Å². The molecule has 0 rings (SSSR count). The summed E-state index contributed by atoms with van der Waals surface area (Å²) in [4.78, 5) is 12.3. The molecule has 0 saturated heterocycles. The van der Waals surface area contributed by atoms with Crippen LogP contribution in [0, 0.1) is 11.8 Å². The number of hydrogen-bond acceptors (Lipinski definition) is 2. The van der Waals surface area contributed by atoms with Crippen LogP contribution in [0.15, 0.2) is 0 Å². The molecule has 0 aromatic heterocycles. The van der Waals surface area contributed by atoms with Crippen molar-refractivity contribution >= 4 is 5.97 Å². The van der Waals surface area contributed by atoms with E-state index in [2.05, 4.69) is 20.8 Å². The van der Waals surface area contributed by atoms with E-state index in [4.69, 9.17) is 4.74 Å². The first kappa shape index (κ1) is 30.5. The molecule has 0 radical (unpaired) electrons. The molecular formula is C29H58O2. The summed E-state index contributed by atoms with van der Waals surface area (Å²) in [6.45, 7) is 9.46. The standard InChI is InChI=1S/C29H58O2/c1-5-8-11-13-14-15-16-17-18-19-20-22-25-28(24-10-7-3)26-31-29(30)27(4)23-21-12-9-6-2/h27-28H,5-26H2,1-4H3. The Bertz CT molecular complexity index is 366. The number of unbranched alkanes of at least 4 members (excludes halogenated alkanes) is 15. The summed E-state index contributed by atoms with van der Waals surface area (Å²) in [5.74, 6) is 0.669. The lowest BCUT2D eigenvalue weighted by Gasteiger charge is -2.18. The fourth-order valence-corrected chi connectivity index (χ4v) is 4.42. The maximum Gasteiger partial charge on any atom is 0.308 e. The number of carbonyl (C=O) groups is 1. The lowest BCUT2D eigenvalue weighted by molar-refractivity contribution is -0.149. The Balaban J connectivity index is 3.79. The summed E-state index contributed by atoms with van der Waals surface area (Å²) in [5.41, 5.74) is 0. The summed E-state index contributed by atoms with van der Waals surface area (Å²) < 4.78 is 5.74. The zero-order valence-corrected chi connectivity index (χ0v) is 22.0. The molecule has 2 nitrogen and oxygen atoms in total. The van der Waals surface area contributed by atoms with Crippen molar-refractivity contribution in [3.63, 3.8) is 0 Å². The summed E-state index contributed by atoms with van der Waals surface area (Å²) in [7, 11) is 0. The van der Waals surface area contributed by atoms with Gasteiger partial charge in [-0.1, -0.05) is 143 Å². The second-order valence-electron chi connectivity index (χ2n) is 10.1. The Hall–Kier alpha value is -0.530. The molecule has 0 aliphatic heterocycles. The van der Waals surface area contributed by atoms with Gasteiger partial charge in [-0.15, -0.1) is 0 Å². The van der Waals surface area contributed by atoms with Crippen LogP contribution in [0.2, 0.25) is 0 Å².